The minimum atomic E-state index is -0.799. The van der Waals surface area contributed by atoms with Gasteiger partial charge in [0.2, 0.25) is 0 Å². The Labute approximate surface area is 99.4 Å². The highest BCUT2D eigenvalue weighted by Gasteiger charge is 2.22. The van der Waals surface area contributed by atoms with Gasteiger partial charge in [0.05, 0.1) is 24.8 Å². The molecular formula is C12H16FNO3. The first kappa shape index (κ1) is 13.4. The number of halogens is 1. The second-order valence-electron chi connectivity index (χ2n) is 4.34. The minimum absolute atomic E-state index is 0.106. The SMILES string of the molecule is COc1ccc(F)c(C(=O)NC(C)(C)CO)c1. The number of hydrogen-bond acceptors (Lipinski definition) is 3. The first-order valence-corrected chi connectivity index (χ1v) is 5.16. The Kier molecular flexibility index (Phi) is 4.07. The lowest BCUT2D eigenvalue weighted by Gasteiger charge is -2.23. The number of methoxy groups -OCH3 is 1. The topological polar surface area (TPSA) is 58.6 Å². The average molecular weight is 241 g/mol. The van der Waals surface area contributed by atoms with Crippen molar-refractivity contribution in [1.29, 1.82) is 0 Å². The van der Waals surface area contributed by atoms with E-state index in [9.17, 15) is 9.18 Å². The van der Waals surface area contributed by atoms with Gasteiger partial charge in [0, 0.05) is 0 Å². The zero-order chi connectivity index (χ0) is 13.1. The molecule has 1 aromatic rings. The molecule has 0 aliphatic heterocycles. The third-order valence-corrected chi connectivity index (χ3v) is 2.27. The summed E-state index contributed by atoms with van der Waals surface area (Å²) in [5.41, 5.74) is -0.905. The molecule has 0 spiro atoms. The molecule has 0 bridgehead atoms. The Morgan fingerprint density at radius 2 is 2.18 bits per heavy atom. The van der Waals surface area contributed by atoms with Gasteiger partial charge in [-0.1, -0.05) is 0 Å². The van der Waals surface area contributed by atoms with Crippen molar-refractivity contribution >= 4 is 5.91 Å². The quantitative estimate of drug-likeness (QED) is 0.836. The van der Waals surface area contributed by atoms with Crippen molar-refractivity contribution in [3.8, 4) is 5.75 Å². The smallest absolute Gasteiger partial charge is 0.254 e. The van der Waals surface area contributed by atoms with Crippen LogP contribution in [0.1, 0.15) is 24.2 Å². The van der Waals surface area contributed by atoms with Gasteiger partial charge in [0.15, 0.2) is 0 Å². The van der Waals surface area contributed by atoms with E-state index >= 15 is 0 Å². The van der Waals surface area contributed by atoms with Crippen LogP contribution in [0.3, 0.4) is 0 Å². The molecule has 2 N–H and O–H groups in total. The van der Waals surface area contributed by atoms with Gasteiger partial charge in [-0.15, -0.1) is 0 Å². The molecule has 1 rings (SSSR count). The van der Waals surface area contributed by atoms with Gasteiger partial charge >= 0.3 is 0 Å². The van der Waals surface area contributed by atoms with E-state index in [0.717, 1.165) is 0 Å². The molecule has 0 radical (unpaired) electrons. The maximum absolute atomic E-state index is 13.5. The summed E-state index contributed by atoms with van der Waals surface area (Å²) in [6, 6.07) is 3.92. The largest absolute Gasteiger partial charge is 0.497 e. The van der Waals surface area contributed by atoms with Gasteiger partial charge in [-0.2, -0.15) is 0 Å². The highest BCUT2D eigenvalue weighted by atomic mass is 19.1. The summed E-state index contributed by atoms with van der Waals surface area (Å²) < 4.78 is 18.4. The van der Waals surface area contributed by atoms with Crippen LogP contribution in [0.15, 0.2) is 18.2 Å². The monoisotopic (exact) mass is 241 g/mol. The van der Waals surface area contributed by atoms with E-state index in [1.165, 1.54) is 25.3 Å². The highest BCUT2D eigenvalue weighted by Crippen LogP contribution is 2.17. The van der Waals surface area contributed by atoms with Crippen molar-refractivity contribution in [3.05, 3.63) is 29.6 Å². The molecule has 0 aliphatic carbocycles. The summed E-state index contributed by atoms with van der Waals surface area (Å²) in [4.78, 5) is 11.8. The summed E-state index contributed by atoms with van der Waals surface area (Å²) in [5.74, 6) is -0.809. The van der Waals surface area contributed by atoms with Crippen molar-refractivity contribution in [3.63, 3.8) is 0 Å². The fraction of sp³-hybridized carbons (Fsp3) is 0.417. The van der Waals surface area contributed by atoms with Gasteiger partial charge in [-0.3, -0.25) is 4.79 Å². The predicted octanol–water partition coefficient (Wildman–Crippen LogP) is 1.33. The second-order valence-corrected chi connectivity index (χ2v) is 4.34. The van der Waals surface area contributed by atoms with Crippen molar-refractivity contribution < 1.29 is 19.0 Å². The summed E-state index contributed by atoms with van der Waals surface area (Å²) in [5, 5.41) is 11.6. The number of hydrogen-bond donors (Lipinski definition) is 2. The number of amides is 1. The number of aliphatic hydroxyl groups excluding tert-OH is 1. The molecule has 1 aromatic carbocycles. The lowest BCUT2D eigenvalue weighted by molar-refractivity contribution is 0.0865. The second kappa shape index (κ2) is 5.14. The molecule has 0 unspecified atom stereocenters. The maximum Gasteiger partial charge on any atom is 0.254 e. The Balaban J connectivity index is 2.96. The summed E-state index contributed by atoms with van der Waals surface area (Å²) in [6.07, 6.45) is 0. The van der Waals surface area contributed by atoms with E-state index in [2.05, 4.69) is 5.32 Å². The predicted molar refractivity (Wildman–Crippen MR) is 61.6 cm³/mol. The van der Waals surface area contributed by atoms with Crippen molar-refractivity contribution in [2.75, 3.05) is 13.7 Å². The molecule has 0 aliphatic rings. The molecule has 0 saturated heterocycles. The third-order valence-electron chi connectivity index (χ3n) is 2.27. The Bertz CT molecular complexity index is 418. The summed E-state index contributed by atoms with van der Waals surface area (Å²) in [6.45, 7) is 3.05. The molecule has 1 amide bonds. The normalized spacial score (nSPS) is 11.1. The van der Waals surface area contributed by atoms with E-state index in [4.69, 9.17) is 9.84 Å². The maximum atomic E-state index is 13.5. The standard InChI is InChI=1S/C12H16FNO3/c1-12(2,7-15)14-11(16)9-6-8(17-3)4-5-10(9)13/h4-6,15H,7H2,1-3H3,(H,14,16). The van der Waals surface area contributed by atoms with Crippen LogP contribution in [0.5, 0.6) is 5.75 Å². The Morgan fingerprint density at radius 1 is 1.53 bits per heavy atom. The average Bonchev–Trinajstić information content (AvgIpc) is 2.29. The fourth-order valence-corrected chi connectivity index (χ4v) is 1.22. The zero-order valence-electron chi connectivity index (χ0n) is 10.1. The van der Waals surface area contributed by atoms with Crippen molar-refractivity contribution in [1.82, 2.24) is 5.32 Å². The number of nitrogens with one attached hydrogen (secondary N) is 1. The van der Waals surface area contributed by atoms with Crippen molar-refractivity contribution in [2.45, 2.75) is 19.4 Å². The van der Waals surface area contributed by atoms with Gasteiger partial charge in [-0.05, 0) is 32.0 Å². The number of ether oxygens (including phenoxy) is 1. The van der Waals surface area contributed by atoms with E-state index < -0.39 is 17.3 Å². The lowest BCUT2D eigenvalue weighted by Crippen LogP contribution is -2.46. The first-order chi connectivity index (χ1) is 7.89. The van der Waals surface area contributed by atoms with Crippen LogP contribution in [-0.4, -0.2) is 30.3 Å². The Hall–Kier alpha value is -1.62. The number of rotatable bonds is 4. The summed E-state index contributed by atoms with van der Waals surface area (Å²) in [7, 11) is 1.44. The molecule has 0 heterocycles. The van der Waals surface area contributed by atoms with Gasteiger partial charge in [0.1, 0.15) is 11.6 Å². The molecule has 0 atom stereocenters. The number of aliphatic hydroxyl groups is 1. The minimum Gasteiger partial charge on any atom is -0.497 e. The van der Waals surface area contributed by atoms with E-state index in [-0.39, 0.29) is 12.2 Å². The van der Waals surface area contributed by atoms with Gasteiger partial charge < -0.3 is 15.2 Å². The van der Waals surface area contributed by atoms with Gasteiger partial charge in [0.25, 0.3) is 5.91 Å². The highest BCUT2D eigenvalue weighted by molar-refractivity contribution is 5.95. The van der Waals surface area contributed by atoms with Crippen molar-refractivity contribution in [2.24, 2.45) is 0 Å². The van der Waals surface area contributed by atoms with Crippen LogP contribution in [0.25, 0.3) is 0 Å². The van der Waals surface area contributed by atoms with Crippen LogP contribution < -0.4 is 10.1 Å². The van der Waals surface area contributed by atoms with Crippen LogP contribution in [0.2, 0.25) is 0 Å². The van der Waals surface area contributed by atoms with Crippen LogP contribution >= 0.6 is 0 Å². The summed E-state index contributed by atoms with van der Waals surface area (Å²) >= 11 is 0. The molecule has 5 heteroatoms. The van der Waals surface area contributed by atoms with Gasteiger partial charge in [-0.25, -0.2) is 4.39 Å². The number of carbonyl (C=O) groups excluding carboxylic acids is 1. The zero-order valence-corrected chi connectivity index (χ0v) is 10.1. The van der Waals surface area contributed by atoms with E-state index in [1.807, 2.05) is 0 Å². The number of carbonyl (C=O) groups is 1. The number of benzene rings is 1. The van der Waals surface area contributed by atoms with E-state index in [0.29, 0.717) is 5.75 Å². The molecule has 4 nitrogen and oxygen atoms in total. The lowest BCUT2D eigenvalue weighted by atomic mass is 10.1. The molecule has 0 fully saturated rings. The molecule has 0 aromatic heterocycles. The van der Waals surface area contributed by atoms with E-state index in [1.54, 1.807) is 13.8 Å². The molecular weight excluding hydrogens is 225 g/mol. The molecule has 94 valence electrons. The third kappa shape index (κ3) is 3.42. The Morgan fingerprint density at radius 3 is 2.71 bits per heavy atom. The molecule has 17 heavy (non-hydrogen) atoms. The van der Waals surface area contributed by atoms with Crippen LogP contribution in [-0.2, 0) is 0 Å². The van der Waals surface area contributed by atoms with Crippen LogP contribution in [0, 0.1) is 5.82 Å². The fourth-order valence-electron chi connectivity index (χ4n) is 1.22. The first-order valence-electron chi connectivity index (χ1n) is 5.16. The van der Waals surface area contributed by atoms with Crippen LogP contribution in [0.4, 0.5) is 4.39 Å². The molecule has 0 saturated carbocycles.